The fourth-order valence-electron chi connectivity index (χ4n) is 2.94. The number of fused-ring (bicyclic) bond motifs is 1. The summed E-state index contributed by atoms with van der Waals surface area (Å²) in [5, 5.41) is 3.54. The summed E-state index contributed by atoms with van der Waals surface area (Å²) in [6, 6.07) is 7.28. The van der Waals surface area contributed by atoms with Gasteiger partial charge >= 0.3 is 0 Å². The highest BCUT2D eigenvalue weighted by atomic mass is 16.5. The third kappa shape index (κ3) is 4.48. The molecule has 7 heteroatoms. The molecule has 1 atom stereocenters. The maximum absolute atomic E-state index is 12.9. The molecule has 1 saturated heterocycles. The van der Waals surface area contributed by atoms with E-state index in [0.29, 0.717) is 49.6 Å². The molecule has 1 aromatic heterocycles. The van der Waals surface area contributed by atoms with Crippen LogP contribution in [0.4, 0.5) is 5.69 Å². The molecule has 1 fully saturated rings. The number of nitrogens with one attached hydrogen (secondary N) is 1. The summed E-state index contributed by atoms with van der Waals surface area (Å²) in [7, 11) is 0. The Bertz CT molecular complexity index is 795. The number of amides is 2. The summed E-state index contributed by atoms with van der Waals surface area (Å²) in [5.74, 6) is -0.398. The van der Waals surface area contributed by atoms with Gasteiger partial charge in [0, 0.05) is 25.1 Å². The van der Waals surface area contributed by atoms with Gasteiger partial charge in [0.05, 0.1) is 13.2 Å². The minimum absolute atomic E-state index is 0.146. The van der Waals surface area contributed by atoms with E-state index in [9.17, 15) is 9.59 Å². The number of para-hydroxylation sites is 1. The summed E-state index contributed by atoms with van der Waals surface area (Å²) in [6.07, 6.45) is 1.28. The molecule has 1 aromatic carbocycles. The van der Waals surface area contributed by atoms with Crippen molar-refractivity contribution in [1.29, 1.82) is 0 Å². The van der Waals surface area contributed by atoms with Crippen LogP contribution in [0.2, 0.25) is 0 Å². The molecule has 2 aromatic rings. The van der Waals surface area contributed by atoms with Gasteiger partial charge in [-0.05, 0) is 25.5 Å². The maximum atomic E-state index is 12.9. The minimum Gasteiger partial charge on any atom is -0.449 e. The highest BCUT2D eigenvalue weighted by Gasteiger charge is 2.28. The Morgan fingerprint density at radius 3 is 2.74 bits per heavy atom. The van der Waals surface area contributed by atoms with E-state index in [0.717, 1.165) is 12.8 Å². The molecule has 1 unspecified atom stereocenters. The molecule has 146 valence electrons. The number of furan rings is 1. The number of hydrogen-bond donors (Lipinski definition) is 1. The molecule has 0 spiro atoms. The lowest BCUT2D eigenvalue weighted by molar-refractivity contribution is -0.126. The normalized spacial score (nSPS) is 15.7. The fraction of sp³-hybridized carbons (Fsp3) is 0.500. The van der Waals surface area contributed by atoms with Crippen molar-refractivity contribution in [2.45, 2.75) is 32.8 Å². The zero-order valence-corrected chi connectivity index (χ0v) is 15.8. The molecule has 1 aliphatic rings. The quantitative estimate of drug-likeness (QED) is 0.754. The Hall–Kier alpha value is -2.38. The Morgan fingerprint density at radius 2 is 2.00 bits per heavy atom. The Balaban J connectivity index is 1.84. The van der Waals surface area contributed by atoms with Crippen LogP contribution in [0.5, 0.6) is 0 Å². The van der Waals surface area contributed by atoms with Crippen molar-refractivity contribution in [1.82, 2.24) is 4.90 Å². The first kappa shape index (κ1) is 19.4. The smallest absolute Gasteiger partial charge is 0.291 e. The van der Waals surface area contributed by atoms with Crippen LogP contribution in [0, 0.1) is 0 Å². The predicted molar refractivity (Wildman–Crippen MR) is 102 cm³/mol. The first-order valence-corrected chi connectivity index (χ1v) is 9.42. The van der Waals surface area contributed by atoms with Crippen molar-refractivity contribution in [3.05, 3.63) is 30.0 Å². The molecular weight excluding hydrogens is 348 g/mol. The van der Waals surface area contributed by atoms with Gasteiger partial charge in [0.2, 0.25) is 5.76 Å². The topological polar surface area (TPSA) is 81.0 Å². The number of rotatable bonds is 7. The van der Waals surface area contributed by atoms with E-state index in [2.05, 4.69) is 12.2 Å². The van der Waals surface area contributed by atoms with Crippen LogP contribution in [0.15, 0.2) is 28.7 Å². The Morgan fingerprint density at radius 1 is 1.26 bits per heavy atom. The number of unbranched alkanes of at least 4 members (excludes halogenated alkanes) is 1. The third-order valence-electron chi connectivity index (χ3n) is 4.57. The summed E-state index contributed by atoms with van der Waals surface area (Å²) in [6.45, 7) is 6.29. The summed E-state index contributed by atoms with van der Waals surface area (Å²) < 4.78 is 16.7. The van der Waals surface area contributed by atoms with Gasteiger partial charge < -0.3 is 24.1 Å². The molecule has 2 amide bonds. The third-order valence-corrected chi connectivity index (χ3v) is 4.57. The lowest BCUT2D eigenvalue weighted by Crippen LogP contribution is -2.41. The second-order valence-electron chi connectivity index (χ2n) is 6.56. The van der Waals surface area contributed by atoms with Crippen molar-refractivity contribution in [3.63, 3.8) is 0 Å². The van der Waals surface area contributed by atoms with Gasteiger partial charge in [0.1, 0.15) is 17.4 Å². The van der Waals surface area contributed by atoms with Gasteiger partial charge in [-0.1, -0.05) is 25.5 Å². The van der Waals surface area contributed by atoms with Crippen LogP contribution in [-0.4, -0.2) is 55.7 Å². The van der Waals surface area contributed by atoms with E-state index >= 15 is 0 Å². The van der Waals surface area contributed by atoms with E-state index in [1.807, 2.05) is 18.2 Å². The number of hydrogen-bond acceptors (Lipinski definition) is 5. The summed E-state index contributed by atoms with van der Waals surface area (Å²) in [4.78, 5) is 27.2. The van der Waals surface area contributed by atoms with Crippen molar-refractivity contribution in [3.8, 4) is 0 Å². The SMILES string of the molecule is CCCCOC(C)C(=O)Nc1c(C(=O)N2CCOCC2)oc2ccccc12. The van der Waals surface area contributed by atoms with Gasteiger partial charge in [0.25, 0.3) is 11.8 Å². The predicted octanol–water partition coefficient (Wildman–Crippen LogP) is 3.05. The first-order valence-electron chi connectivity index (χ1n) is 9.42. The number of carbonyl (C=O) groups excluding carboxylic acids is 2. The number of anilines is 1. The van der Waals surface area contributed by atoms with Crippen molar-refractivity contribution in [2.75, 3.05) is 38.2 Å². The van der Waals surface area contributed by atoms with Crippen molar-refractivity contribution >= 4 is 28.5 Å². The number of ether oxygens (including phenoxy) is 2. The zero-order chi connectivity index (χ0) is 19.2. The monoisotopic (exact) mass is 374 g/mol. The molecule has 0 aliphatic carbocycles. The average molecular weight is 374 g/mol. The molecule has 0 radical (unpaired) electrons. The van der Waals surface area contributed by atoms with Crippen LogP contribution in [0.25, 0.3) is 11.0 Å². The molecule has 1 N–H and O–H groups in total. The van der Waals surface area contributed by atoms with Crippen molar-refractivity contribution in [2.24, 2.45) is 0 Å². The van der Waals surface area contributed by atoms with Gasteiger partial charge in [0.15, 0.2) is 0 Å². The maximum Gasteiger partial charge on any atom is 0.291 e. The van der Waals surface area contributed by atoms with Gasteiger partial charge in [-0.3, -0.25) is 9.59 Å². The second-order valence-corrected chi connectivity index (χ2v) is 6.56. The number of carbonyl (C=O) groups is 2. The Kier molecular flexibility index (Phi) is 6.47. The largest absolute Gasteiger partial charge is 0.449 e. The highest BCUT2D eigenvalue weighted by Crippen LogP contribution is 2.32. The standard InChI is InChI=1S/C20H26N2O5/c1-3-4-11-26-14(2)19(23)21-17-15-7-5-6-8-16(15)27-18(17)20(24)22-9-12-25-13-10-22/h5-8,14H,3-4,9-13H2,1-2H3,(H,21,23). The summed E-state index contributed by atoms with van der Waals surface area (Å²) >= 11 is 0. The van der Waals surface area contributed by atoms with E-state index in [1.165, 1.54) is 0 Å². The van der Waals surface area contributed by atoms with Crippen LogP contribution in [0.3, 0.4) is 0 Å². The molecule has 2 heterocycles. The average Bonchev–Trinajstić information content (AvgIpc) is 3.06. The van der Waals surface area contributed by atoms with Crippen LogP contribution in [0.1, 0.15) is 37.2 Å². The number of morpholine rings is 1. The van der Waals surface area contributed by atoms with E-state index < -0.39 is 6.10 Å². The molecule has 0 saturated carbocycles. The molecule has 1 aliphatic heterocycles. The lowest BCUT2D eigenvalue weighted by atomic mass is 10.2. The minimum atomic E-state index is -0.614. The van der Waals surface area contributed by atoms with Crippen LogP contribution < -0.4 is 5.32 Å². The lowest BCUT2D eigenvalue weighted by Gasteiger charge is -2.26. The molecule has 0 bridgehead atoms. The molecule has 27 heavy (non-hydrogen) atoms. The molecular formula is C20H26N2O5. The van der Waals surface area contributed by atoms with Gasteiger partial charge in [-0.15, -0.1) is 0 Å². The van der Waals surface area contributed by atoms with E-state index in [4.69, 9.17) is 13.9 Å². The summed E-state index contributed by atoms with van der Waals surface area (Å²) in [5.41, 5.74) is 0.960. The first-order chi connectivity index (χ1) is 13.1. The molecule has 7 nitrogen and oxygen atoms in total. The van der Waals surface area contributed by atoms with Gasteiger partial charge in [-0.2, -0.15) is 0 Å². The van der Waals surface area contributed by atoms with Gasteiger partial charge in [-0.25, -0.2) is 0 Å². The Labute approximate surface area is 158 Å². The number of nitrogens with zero attached hydrogens (tertiary/aromatic N) is 1. The highest BCUT2D eigenvalue weighted by molar-refractivity contribution is 6.11. The fourth-order valence-corrected chi connectivity index (χ4v) is 2.94. The van der Waals surface area contributed by atoms with Crippen LogP contribution in [-0.2, 0) is 14.3 Å². The van der Waals surface area contributed by atoms with E-state index in [1.54, 1.807) is 17.9 Å². The molecule has 3 rings (SSSR count). The zero-order valence-electron chi connectivity index (χ0n) is 15.8. The number of benzene rings is 1. The van der Waals surface area contributed by atoms with Crippen molar-refractivity contribution < 1.29 is 23.5 Å². The van der Waals surface area contributed by atoms with Crippen LogP contribution >= 0.6 is 0 Å². The second kappa shape index (κ2) is 9.01. The van der Waals surface area contributed by atoms with E-state index in [-0.39, 0.29) is 17.6 Å².